The van der Waals surface area contributed by atoms with Gasteiger partial charge in [0.2, 0.25) is 5.91 Å². The quantitative estimate of drug-likeness (QED) is 0.164. The molecule has 4 N–H and O–H groups in total. The second-order valence-electron chi connectivity index (χ2n) is 11.4. The fraction of sp³-hybridized carbons (Fsp3) is 0.216. The number of imide groups is 1. The van der Waals surface area contributed by atoms with E-state index in [1.807, 2.05) is 12.1 Å². The van der Waals surface area contributed by atoms with Gasteiger partial charge in [0, 0.05) is 28.9 Å². The number of aromatic amines is 1. The lowest BCUT2D eigenvalue weighted by atomic mass is 9.75. The van der Waals surface area contributed by atoms with Crippen molar-refractivity contribution in [1.29, 1.82) is 0 Å². The Kier molecular flexibility index (Phi) is 8.55. The summed E-state index contributed by atoms with van der Waals surface area (Å²) in [5, 5.41) is 6.65. The fourth-order valence-corrected chi connectivity index (χ4v) is 6.45. The summed E-state index contributed by atoms with van der Waals surface area (Å²) in [6, 6.07) is 34.1. The van der Waals surface area contributed by atoms with Crippen molar-refractivity contribution in [2.24, 2.45) is 5.92 Å². The minimum atomic E-state index is -0.787. The van der Waals surface area contributed by atoms with Crippen molar-refractivity contribution in [2.45, 2.75) is 38.0 Å². The summed E-state index contributed by atoms with van der Waals surface area (Å²) in [7, 11) is 0. The van der Waals surface area contributed by atoms with E-state index in [-0.39, 0.29) is 29.9 Å². The Morgan fingerprint density at radius 1 is 0.795 bits per heavy atom. The van der Waals surface area contributed by atoms with Crippen LogP contribution in [-0.4, -0.2) is 29.3 Å². The standard InChI is InChI=1S/C37H35N4O3/c38-34(42)23-39-32-16-8-7-15-30(32)37(44)41-36(43)29-14-5-4-12-27(29)25-20-18-24(19-21-25)22-31-28-13-6-9-17-33(28)40-35(31)26-10-2-1-3-11-26/h1-3,6-11,13,15-21,27,29,38-40H,4-5,12,14,22-23H2,(H,41,43,44)/t27-,29+/m0/s1. The van der Waals surface area contributed by atoms with Crippen LogP contribution in [0.25, 0.3) is 22.2 Å². The first-order chi connectivity index (χ1) is 21.5. The van der Waals surface area contributed by atoms with E-state index >= 15 is 0 Å². The molecule has 1 radical (unpaired) electrons. The smallest absolute Gasteiger partial charge is 0.259 e. The zero-order valence-corrected chi connectivity index (χ0v) is 24.4. The molecule has 4 aromatic carbocycles. The highest BCUT2D eigenvalue weighted by atomic mass is 16.2. The first kappa shape index (κ1) is 28.9. The van der Waals surface area contributed by atoms with Gasteiger partial charge < -0.3 is 10.3 Å². The fourth-order valence-electron chi connectivity index (χ4n) is 6.45. The van der Waals surface area contributed by atoms with Crippen LogP contribution in [0.3, 0.4) is 0 Å². The second-order valence-corrected chi connectivity index (χ2v) is 11.4. The lowest BCUT2D eigenvalue weighted by Gasteiger charge is -2.31. The molecule has 1 saturated carbocycles. The third-order valence-corrected chi connectivity index (χ3v) is 8.62. The van der Waals surface area contributed by atoms with Crippen LogP contribution in [-0.2, 0) is 16.0 Å². The van der Waals surface area contributed by atoms with E-state index in [2.05, 4.69) is 82.3 Å². The number of anilines is 1. The van der Waals surface area contributed by atoms with Gasteiger partial charge in [-0.2, -0.15) is 0 Å². The largest absolute Gasteiger partial charge is 0.375 e. The lowest BCUT2D eigenvalue weighted by Crippen LogP contribution is -2.39. The highest BCUT2D eigenvalue weighted by Gasteiger charge is 2.33. The minimum Gasteiger partial charge on any atom is -0.375 e. The lowest BCUT2D eigenvalue weighted by molar-refractivity contribution is -0.125. The van der Waals surface area contributed by atoms with Crippen LogP contribution < -0.4 is 16.4 Å². The zero-order valence-electron chi connectivity index (χ0n) is 24.4. The van der Waals surface area contributed by atoms with E-state index in [0.29, 0.717) is 12.1 Å². The molecule has 0 spiro atoms. The summed E-state index contributed by atoms with van der Waals surface area (Å²) >= 11 is 0. The number of rotatable bonds is 9. The van der Waals surface area contributed by atoms with Gasteiger partial charge in [0.15, 0.2) is 0 Å². The topological polar surface area (TPSA) is 115 Å². The molecule has 1 aromatic heterocycles. The number of para-hydroxylation sites is 2. The van der Waals surface area contributed by atoms with Gasteiger partial charge in [-0.25, -0.2) is 0 Å². The molecule has 1 aliphatic carbocycles. The molecule has 1 aliphatic rings. The molecule has 6 rings (SSSR count). The van der Waals surface area contributed by atoms with Crippen molar-refractivity contribution in [1.82, 2.24) is 16.0 Å². The van der Waals surface area contributed by atoms with Crippen LogP contribution in [0.4, 0.5) is 5.69 Å². The van der Waals surface area contributed by atoms with Gasteiger partial charge in [-0.05, 0) is 59.2 Å². The van der Waals surface area contributed by atoms with Crippen LogP contribution in [0.2, 0.25) is 0 Å². The monoisotopic (exact) mass is 583 g/mol. The molecule has 221 valence electrons. The molecule has 7 heteroatoms. The number of benzene rings is 4. The molecule has 5 aromatic rings. The Morgan fingerprint density at radius 3 is 2.30 bits per heavy atom. The second kappa shape index (κ2) is 13.0. The number of fused-ring (bicyclic) bond motifs is 1. The maximum absolute atomic E-state index is 13.5. The van der Waals surface area contributed by atoms with E-state index in [4.69, 9.17) is 5.73 Å². The number of hydrogen-bond donors (Lipinski definition) is 3. The maximum atomic E-state index is 13.5. The number of amides is 3. The molecule has 0 unspecified atom stereocenters. The van der Waals surface area contributed by atoms with Gasteiger partial charge in [0.25, 0.3) is 11.8 Å². The predicted molar refractivity (Wildman–Crippen MR) is 173 cm³/mol. The Labute approximate surface area is 256 Å². The predicted octanol–water partition coefficient (Wildman–Crippen LogP) is 6.88. The van der Waals surface area contributed by atoms with Crippen molar-refractivity contribution >= 4 is 34.3 Å². The molecule has 0 bridgehead atoms. The SMILES string of the molecule is [NH]C(=O)CNc1ccccc1C(=O)NC(=O)[C@@H]1CCCC[C@H]1c1ccc(Cc2c(-c3ccccc3)[nH]c3ccccc23)cc1. The van der Waals surface area contributed by atoms with Gasteiger partial charge in [-0.15, -0.1) is 0 Å². The highest BCUT2D eigenvalue weighted by Crippen LogP contribution is 2.39. The summed E-state index contributed by atoms with van der Waals surface area (Å²) in [4.78, 5) is 41.4. The van der Waals surface area contributed by atoms with Crippen molar-refractivity contribution in [3.63, 3.8) is 0 Å². The first-order valence-corrected chi connectivity index (χ1v) is 15.1. The molecule has 1 fully saturated rings. The summed E-state index contributed by atoms with van der Waals surface area (Å²) < 4.78 is 0. The van der Waals surface area contributed by atoms with Gasteiger partial charge >= 0.3 is 0 Å². The number of H-pyrrole nitrogens is 1. The average molecular weight is 584 g/mol. The van der Waals surface area contributed by atoms with Crippen molar-refractivity contribution in [2.75, 3.05) is 11.9 Å². The van der Waals surface area contributed by atoms with Gasteiger partial charge in [-0.3, -0.25) is 25.4 Å². The molecular formula is C37H35N4O3. The van der Waals surface area contributed by atoms with E-state index < -0.39 is 11.8 Å². The summed E-state index contributed by atoms with van der Waals surface area (Å²) in [6.07, 6.45) is 4.35. The van der Waals surface area contributed by atoms with Crippen LogP contribution in [0.1, 0.15) is 58.6 Å². The zero-order chi connectivity index (χ0) is 30.5. The Balaban J connectivity index is 1.19. The maximum Gasteiger partial charge on any atom is 0.259 e. The normalized spacial score (nSPS) is 16.4. The molecular weight excluding hydrogens is 548 g/mol. The molecule has 1 heterocycles. The number of nitrogens with one attached hydrogen (secondary N) is 4. The first-order valence-electron chi connectivity index (χ1n) is 15.1. The van der Waals surface area contributed by atoms with Crippen LogP contribution in [0, 0.1) is 5.92 Å². The highest BCUT2D eigenvalue weighted by molar-refractivity contribution is 6.08. The van der Waals surface area contributed by atoms with Crippen molar-refractivity contribution in [3.05, 3.63) is 125 Å². The van der Waals surface area contributed by atoms with E-state index in [1.54, 1.807) is 24.3 Å². The molecule has 44 heavy (non-hydrogen) atoms. The van der Waals surface area contributed by atoms with Gasteiger partial charge in [0.1, 0.15) is 0 Å². The summed E-state index contributed by atoms with van der Waals surface area (Å²) in [6.45, 7) is -0.215. The number of aromatic nitrogens is 1. The number of carbonyl (C=O) groups excluding carboxylic acids is 3. The summed E-state index contributed by atoms with van der Waals surface area (Å²) in [5.41, 5.74) is 14.8. The van der Waals surface area contributed by atoms with Gasteiger partial charge in [-0.1, -0.05) is 97.8 Å². The Bertz CT molecular complexity index is 1790. The van der Waals surface area contributed by atoms with E-state index in [9.17, 15) is 14.4 Å². The number of carbonyl (C=O) groups is 3. The Hall–Kier alpha value is -5.17. The minimum absolute atomic E-state index is 0.0212. The van der Waals surface area contributed by atoms with E-state index in [1.165, 1.54) is 16.5 Å². The molecule has 0 aliphatic heterocycles. The Morgan fingerprint density at radius 2 is 1.50 bits per heavy atom. The third-order valence-electron chi connectivity index (χ3n) is 8.62. The molecule has 2 atom stereocenters. The average Bonchev–Trinajstić information content (AvgIpc) is 3.42. The van der Waals surface area contributed by atoms with Crippen LogP contribution >= 0.6 is 0 Å². The number of hydrogen-bond acceptors (Lipinski definition) is 4. The molecule has 0 saturated heterocycles. The molecule has 7 nitrogen and oxygen atoms in total. The molecule has 3 amide bonds. The van der Waals surface area contributed by atoms with Crippen molar-refractivity contribution in [3.8, 4) is 11.3 Å². The third kappa shape index (κ3) is 6.27. The summed E-state index contributed by atoms with van der Waals surface area (Å²) in [5.74, 6) is -1.87. The van der Waals surface area contributed by atoms with Gasteiger partial charge in [0.05, 0.1) is 17.8 Å². The van der Waals surface area contributed by atoms with Crippen molar-refractivity contribution < 1.29 is 14.4 Å². The van der Waals surface area contributed by atoms with Crippen LogP contribution in [0.15, 0.2) is 103 Å². The van der Waals surface area contributed by atoms with Crippen LogP contribution in [0.5, 0.6) is 0 Å². The van der Waals surface area contributed by atoms with E-state index in [0.717, 1.165) is 48.0 Å².